The largest absolute Gasteiger partial charge is 0.356 e. The molecule has 0 bridgehead atoms. The number of rotatable bonds is 7. The lowest BCUT2D eigenvalue weighted by atomic mass is 10.0. The van der Waals surface area contributed by atoms with Crippen molar-refractivity contribution in [1.29, 1.82) is 0 Å². The van der Waals surface area contributed by atoms with Crippen molar-refractivity contribution < 1.29 is 0 Å². The van der Waals surface area contributed by atoms with E-state index < -0.39 is 0 Å². The lowest BCUT2D eigenvalue weighted by Gasteiger charge is -2.37. The van der Waals surface area contributed by atoms with Gasteiger partial charge in [0.25, 0.3) is 0 Å². The van der Waals surface area contributed by atoms with Crippen LogP contribution in [0.4, 0.5) is 0 Å². The number of aryl methyl sites for hydroxylation is 1. The van der Waals surface area contributed by atoms with E-state index in [1.165, 1.54) is 5.56 Å². The van der Waals surface area contributed by atoms with E-state index in [0.29, 0.717) is 12.1 Å². The number of likely N-dealkylation sites (tertiary alicyclic amines) is 1. The van der Waals surface area contributed by atoms with Crippen molar-refractivity contribution in [3.8, 4) is 0 Å². The Labute approximate surface area is 184 Å². The molecule has 2 aromatic heterocycles. The molecule has 1 aliphatic rings. The van der Waals surface area contributed by atoms with Gasteiger partial charge < -0.3 is 10.6 Å². The highest BCUT2D eigenvalue weighted by Crippen LogP contribution is 2.23. The highest BCUT2D eigenvalue weighted by molar-refractivity contribution is 5.79. The van der Waals surface area contributed by atoms with Crippen LogP contribution in [0.1, 0.15) is 43.6 Å². The minimum atomic E-state index is 0.464. The lowest BCUT2D eigenvalue weighted by Crippen LogP contribution is -2.49. The summed E-state index contributed by atoms with van der Waals surface area (Å²) in [6, 6.07) is 17.7. The number of hydrogen-bond donors (Lipinski definition) is 2. The van der Waals surface area contributed by atoms with Gasteiger partial charge in [-0.25, -0.2) is 0 Å². The molecule has 1 atom stereocenters. The van der Waals surface area contributed by atoms with E-state index in [-0.39, 0.29) is 0 Å². The first-order valence-electron chi connectivity index (χ1n) is 11.3. The molecule has 0 amide bonds. The average Bonchev–Trinajstić information content (AvgIpc) is 3.24. The van der Waals surface area contributed by atoms with Gasteiger partial charge >= 0.3 is 0 Å². The molecular weight excluding hydrogens is 386 g/mol. The van der Waals surface area contributed by atoms with Gasteiger partial charge in [0.2, 0.25) is 0 Å². The maximum Gasteiger partial charge on any atom is 0.191 e. The third-order valence-electron chi connectivity index (χ3n) is 6.18. The van der Waals surface area contributed by atoms with Gasteiger partial charge in [0.1, 0.15) is 5.82 Å². The first-order valence-corrected chi connectivity index (χ1v) is 11.3. The van der Waals surface area contributed by atoms with Crippen LogP contribution in [0.2, 0.25) is 0 Å². The second-order valence-corrected chi connectivity index (χ2v) is 8.19. The maximum absolute atomic E-state index is 4.42. The fourth-order valence-corrected chi connectivity index (χ4v) is 4.28. The number of hydrogen-bond acceptors (Lipinski definition) is 4. The predicted molar refractivity (Wildman–Crippen MR) is 125 cm³/mol. The van der Waals surface area contributed by atoms with Crippen molar-refractivity contribution in [3.63, 3.8) is 0 Å². The van der Waals surface area contributed by atoms with Gasteiger partial charge in [0.15, 0.2) is 11.6 Å². The summed E-state index contributed by atoms with van der Waals surface area (Å²) in [6.07, 6.45) is 6.13. The SMILES string of the molecule is CN=C(NCCCc1nnc2ccccn12)NC1CCN(C(C)c2ccccc2)CC1. The van der Waals surface area contributed by atoms with E-state index >= 15 is 0 Å². The third kappa shape index (κ3) is 5.41. The van der Waals surface area contributed by atoms with Gasteiger partial charge in [-0.2, -0.15) is 0 Å². The summed E-state index contributed by atoms with van der Waals surface area (Å²) in [5.41, 5.74) is 2.29. The van der Waals surface area contributed by atoms with Crippen LogP contribution in [-0.4, -0.2) is 58.2 Å². The Morgan fingerprint density at radius 3 is 2.65 bits per heavy atom. The Balaban J connectivity index is 1.18. The Morgan fingerprint density at radius 1 is 1.10 bits per heavy atom. The molecule has 3 heterocycles. The number of benzene rings is 1. The van der Waals surface area contributed by atoms with Gasteiger partial charge in [-0.15, -0.1) is 10.2 Å². The number of nitrogens with one attached hydrogen (secondary N) is 2. The molecule has 31 heavy (non-hydrogen) atoms. The molecule has 1 unspecified atom stereocenters. The topological polar surface area (TPSA) is 69.8 Å². The molecule has 2 N–H and O–H groups in total. The zero-order chi connectivity index (χ0) is 21.5. The van der Waals surface area contributed by atoms with Crippen LogP contribution >= 0.6 is 0 Å². The Bertz CT molecular complexity index is 974. The van der Waals surface area contributed by atoms with E-state index in [4.69, 9.17) is 0 Å². The number of guanidine groups is 1. The number of aromatic nitrogens is 3. The summed E-state index contributed by atoms with van der Waals surface area (Å²) in [4.78, 5) is 6.99. The normalized spacial score (nSPS) is 17.0. The molecule has 1 fully saturated rings. The van der Waals surface area contributed by atoms with Gasteiger partial charge in [-0.1, -0.05) is 36.4 Å². The van der Waals surface area contributed by atoms with Crippen LogP contribution in [0, 0.1) is 0 Å². The standard InChI is InChI=1S/C24H33N7/c1-19(20-9-4-3-5-10-20)30-17-13-21(14-18-30)27-24(25-2)26-15-8-12-23-29-28-22-11-6-7-16-31(22)23/h3-7,9-11,16,19,21H,8,12-15,17-18H2,1-2H3,(H2,25,26,27). The quantitative estimate of drug-likeness (QED) is 0.350. The minimum Gasteiger partial charge on any atom is -0.356 e. The van der Waals surface area contributed by atoms with E-state index in [1.54, 1.807) is 0 Å². The van der Waals surface area contributed by atoms with Crippen molar-refractivity contribution in [3.05, 3.63) is 66.1 Å². The number of aliphatic imine (C=N–C) groups is 1. The summed E-state index contributed by atoms with van der Waals surface area (Å²) >= 11 is 0. The van der Waals surface area contributed by atoms with Crippen LogP contribution in [0.15, 0.2) is 59.7 Å². The monoisotopic (exact) mass is 419 g/mol. The maximum atomic E-state index is 4.42. The number of pyridine rings is 1. The molecule has 0 aliphatic carbocycles. The molecule has 0 radical (unpaired) electrons. The van der Waals surface area contributed by atoms with Crippen LogP contribution in [0.3, 0.4) is 0 Å². The zero-order valence-electron chi connectivity index (χ0n) is 18.5. The van der Waals surface area contributed by atoms with Crippen molar-refractivity contribution in [2.24, 2.45) is 4.99 Å². The van der Waals surface area contributed by atoms with Crippen molar-refractivity contribution in [2.75, 3.05) is 26.7 Å². The second kappa shape index (κ2) is 10.4. The minimum absolute atomic E-state index is 0.464. The zero-order valence-corrected chi connectivity index (χ0v) is 18.5. The molecule has 7 heteroatoms. The summed E-state index contributed by atoms with van der Waals surface area (Å²) in [7, 11) is 1.84. The van der Waals surface area contributed by atoms with E-state index in [9.17, 15) is 0 Å². The Kier molecular flexibility index (Phi) is 7.14. The molecule has 1 aliphatic heterocycles. The lowest BCUT2D eigenvalue weighted by molar-refractivity contribution is 0.158. The van der Waals surface area contributed by atoms with Crippen molar-refractivity contribution in [2.45, 2.75) is 44.7 Å². The first-order chi connectivity index (χ1) is 15.2. The highest BCUT2D eigenvalue weighted by atomic mass is 15.2. The van der Waals surface area contributed by atoms with Crippen molar-refractivity contribution in [1.82, 2.24) is 30.1 Å². The second-order valence-electron chi connectivity index (χ2n) is 8.19. The molecule has 4 rings (SSSR count). The summed E-state index contributed by atoms with van der Waals surface area (Å²) < 4.78 is 2.05. The van der Waals surface area contributed by atoms with E-state index in [0.717, 1.165) is 62.7 Å². The van der Waals surface area contributed by atoms with Gasteiger partial charge in [-0.05, 0) is 43.9 Å². The van der Waals surface area contributed by atoms with E-state index in [2.05, 4.69) is 72.4 Å². The van der Waals surface area contributed by atoms with Gasteiger partial charge in [0.05, 0.1) is 0 Å². The van der Waals surface area contributed by atoms with Crippen LogP contribution < -0.4 is 10.6 Å². The Morgan fingerprint density at radius 2 is 1.87 bits per heavy atom. The molecule has 1 saturated heterocycles. The van der Waals surface area contributed by atoms with Crippen LogP contribution in [-0.2, 0) is 6.42 Å². The van der Waals surface area contributed by atoms with Gasteiger partial charge in [0, 0.05) is 51.4 Å². The average molecular weight is 420 g/mol. The molecule has 1 aromatic carbocycles. The smallest absolute Gasteiger partial charge is 0.191 e. The van der Waals surface area contributed by atoms with E-state index in [1.807, 2.05) is 31.4 Å². The number of piperidine rings is 1. The molecule has 0 saturated carbocycles. The van der Waals surface area contributed by atoms with Crippen LogP contribution in [0.25, 0.3) is 5.65 Å². The fraction of sp³-hybridized carbons (Fsp3) is 0.458. The highest BCUT2D eigenvalue weighted by Gasteiger charge is 2.23. The van der Waals surface area contributed by atoms with Crippen molar-refractivity contribution >= 4 is 11.6 Å². The Hall–Kier alpha value is -2.93. The fourth-order valence-electron chi connectivity index (χ4n) is 4.28. The van der Waals surface area contributed by atoms with Gasteiger partial charge in [-0.3, -0.25) is 14.3 Å². The predicted octanol–water partition coefficient (Wildman–Crippen LogP) is 3.05. The first kappa shape index (κ1) is 21.3. The molecule has 164 valence electrons. The third-order valence-corrected chi connectivity index (χ3v) is 6.18. The number of fused-ring (bicyclic) bond motifs is 1. The molecule has 7 nitrogen and oxygen atoms in total. The summed E-state index contributed by atoms with van der Waals surface area (Å²) in [5.74, 6) is 1.89. The number of nitrogens with zero attached hydrogens (tertiary/aromatic N) is 5. The van der Waals surface area contributed by atoms with Crippen LogP contribution in [0.5, 0.6) is 0 Å². The molecule has 3 aromatic rings. The molecular formula is C24H33N7. The summed E-state index contributed by atoms with van der Waals surface area (Å²) in [6.45, 7) is 5.36. The molecule has 0 spiro atoms. The summed E-state index contributed by atoms with van der Waals surface area (Å²) in [5, 5.41) is 15.6.